The Hall–Kier alpha value is -1.03. The number of nitrogens with zero attached hydrogens (tertiary/aromatic N) is 1. The predicted molar refractivity (Wildman–Crippen MR) is 118 cm³/mol. The Balaban J connectivity index is 3.35. The van der Waals surface area contributed by atoms with Crippen LogP contribution in [0.2, 0.25) is 6.32 Å². The summed E-state index contributed by atoms with van der Waals surface area (Å²) in [6.45, 7) is 8.22. The normalized spacial score (nSPS) is 11.8. The van der Waals surface area contributed by atoms with E-state index in [1.807, 2.05) is 0 Å². The number of unbranched alkanes of at least 4 members (excludes halogenated alkanes) is 6. The van der Waals surface area contributed by atoms with Gasteiger partial charge in [-0.1, -0.05) is 44.5 Å². The summed E-state index contributed by atoms with van der Waals surface area (Å²) in [4.78, 5) is 14.1. The molecule has 0 unspecified atom stereocenters. The molecule has 0 atom stereocenters. The van der Waals surface area contributed by atoms with Gasteiger partial charge in [0.1, 0.15) is 0 Å². The Bertz CT molecular complexity index is 379. The van der Waals surface area contributed by atoms with Crippen LogP contribution in [0.3, 0.4) is 0 Å². The van der Waals surface area contributed by atoms with Crippen molar-refractivity contribution in [2.24, 2.45) is 0 Å². The van der Waals surface area contributed by atoms with Crippen LogP contribution < -0.4 is 0 Å². The van der Waals surface area contributed by atoms with Crippen LogP contribution in [0.4, 0.5) is 0 Å². The van der Waals surface area contributed by atoms with E-state index < -0.39 is 0 Å². The van der Waals surface area contributed by atoms with Gasteiger partial charge in [0.25, 0.3) is 0 Å². The molecule has 4 heteroatoms. The number of carbonyl (C=O) groups excluding carboxylic acids is 1. The molecule has 0 spiro atoms. The van der Waals surface area contributed by atoms with Gasteiger partial charge < -0.3 is 9.64 Å². The number of ether oxygens (including phenoxy) is 1. The van der Waals surface area contributed by atoms with Crippen LogP contribution in [0.1, 0.15) is 84.5 Å². The van der Waals surface area contributed by atoms with E-state index in [0.29, 0.717) is 13.0 Å². The van der Waals surface area contributed by atoms with E-state index in [4.69, 9.17) is 12.6 Å². The molecule has 2 radical (unpaired) electrons. The van der Waals surface area contributed by atoms with Crippen molar-refractivity contribution in [3.05, 3.63) is 24.3 Å². The molecule has 0 aromatic rings. The van der Waals surface area contributed by atoms with E-state index in [1.165, 1.54) is 12.8 Å². The minimum absolute atomic E-state index is 0.0375. The number of hydrogen-bond donors (Lipinski definition) is 0. The van der Waals surface area contributed by atoms with Crippen molar-refractivity contribution in [3.8, 4) is 0 Å². The monoisotopic (exact) mass is 375 g/mol. The summed E-state index contributed by atoms with van der Waals surface area (Å²) in [5.74, 6) is -0.0375. The Kier molecular flexibility index (Phi) is 20.5. The summed E-state index contributed by atoms with van der Waals surface area (Å²) in [5, 5.41) is 0. The number of hydrogen-bond acceptors (Lipinski definition) is 3. The first-order valence-corrected chi connectivity index (χ1v) is 11.1. The first-order valence-electron chi connectivity index (χ1n) is 11.1. The zero-order valence-corrected chi connectivity index (χ0v) is 18.0. The highest BCUT2D eigenvalue weighted by molar-refractivity contribution is 6.08. The maximum atomic E-state index is 11.7. The lowest BCUT2D eigenvalue weighted by Crippen LogP contribution is -2.24. The number of esters is 1. The zero-order chi connectivity index (χ0) is 20.0. The standard InChI is InChI=1S/C23H42BNO2/c1-3-25(4-2)21-17-18-22-27-23(26)19-15-13-11-9-7-5-6-8-10-12-14-16-20-24/h7,9,12,14H,3-6,8,10-11,13,15-22H2,1-2H3/b9-7-,14-12-. The second-order valence-electron chi connectivity index (χ2n) is 7.00. The minimum Gasteiger partial charge on any atom is -0.466 e. The highest BCUT2D eigenvalue weighted by atomic mass is 16.5. The molecule has 0 bridgehead atoms. The largest absolute Gasteiger partial charge is 0.466 e. The molecule has 0 heterocycles. The molecule has 0 saturated carbocycles. The lowest BCUT2D eigenvalue weighted by Gasteiger charge is -2.17. The van der Waals surface area contributed by atoms with Crippen LogP contribution in [0.15, 0.2) is 24.3 Å². The molecule has 27 heavy (non-hydrogen) atoms. The topological polar surface area (TPSA) is 29.5 Å². The van der Waals surface area contributed by atoms with Gasteiger partial charge in [-0.2, -0.15) is 0 Å². The van der Waals surface area contributed by atoms with Crippen molar-refractivity contribution < 1.29 is 9.53 Å². The molecule has 3 nitrogen and oxygen atoms in total. The van der Waals surface area contributed by atoms with E-state index in [9.17, 15) is 4.79 Å². The minimum atomic E-state index is -0.0375. The SMILES string of the molecule is [B]CC/C=C\CCCC/C=C\CCCCC(=O)OCCCCN(CC)CC. The molecule has 0 aliphatic heterocycles. The van der Waals surface area contributed by atoms with E-state index in [0.717, 1.165) is 77.3 Å². The third-order valence-corrected chi connectivity index (χ3v) is 4.69. The lowest BCUT2D eigenvalue weighted by atomic mass is 10.0. The van der Waals surface area contributed by atoms with Gasteiger partial charge in [0.2, 0.25) is 0 Å². The highest BCUT2D eigenvalue weighted by Crippen LogP contribution is 2.06. The van der Waals surface area contributed by atoms with Crippen LogP contribution in [-0.4, -0.2) is 45.0 Å². The molecule has 0 amide bonds. The van der Waals surface area contributed by atoms with Crippen LogP contribution in [0.25, 0.3) is 0 Å². The van der Waals surface area contributed by atoms with E-state index in [1.54, 1.807) is 0 Å². The lowest BCUT2D eigenvalue weighted by molar-refractivity contribution is -0.143. The number of carbonyl (C=O) groups is 1. The Labute approximate surface area is 170 Å². The van der Waals surface area contributed by atoms with Crippen LogP contribution in [0, 0.1) is 0 Å². The molecule has 154 valence electrons. The van der Waals surface area contributed by atoms with Crippen molar-refractivity contribution in [1.29, 1.82) is 0 Å². The molecule has 0 aliphatic rings. The van der Waals surface area contributed by atoms with Gasteiger partial charge in [-0.15, -0.1) is 0 Å². The van der Waals surface area contributed by atoms with Gasteiger partial charge in [-0.05, 0) is 83.8 Å². The molecular formula is C23H42BNO2. The summed E-state index contributed by atoms with van der Waals surface area (Å²) in [5.41, 5.74) is 0. The Morgan fingerprint density at radius 1 is 0.815 bits per heavy atom. The summed E-state index contributed by atoms with van der Waals surface area (Å²) in [6.07, 6.45) is 21.1. The molecule has 0 aromatic carbocycles. The predicted octanol–water partition coefficient (Wildman–Crippen LogP) is 5.86. The third kappa shape index (κ3) is 19.5. The van der Waals surface area contributed by atoms with Gasteiger partial charge in [-0.3, -0.25) is 4.79 Å². The molecular weight excluding hydrogens is 333 g/mol. The Morgan fingerprint density at radius 3 is 1.93 bits per heavy atom. The summed E-state index contributed by atoms with van der Waals surface area (Å²) in [7, 11) is 5.44. The van der Waals surface area contributed by atoms with Crippen LogP contribution in [0.5, 0.6) is 0 Å². The van der Waals surface area contributed by atoms with Crippen molar-refractivity contribution in [3.63, 3.8) is 0 Å². The fraction of sp³-hybridized carbons (Fsp3) is 0.783. The molecule has 0 saturated heterocycles. The van der Waals surface area contributed by atoms with E-state index in [2.05, 4.69) is 43.1 Å². The van der Waals surface area contributed by atoms with Gasteiger partial charge >= 0.3 is 5.97 Å². The molecule has 0 N–H and O–H groups in total. The highest BCUT2D eigenvalue weighted by Gasteiger charge is 2.03. The maximum absolute atomic E-state index is 11.7. The van der Waals surface area contributed by atoms with Crippen LogP contribution in [-0.2, 0) is 9.53 Å². The summed E-state index contributed by atoms with van der Waals surface area (Å²) >= 11 is 0. The van der Waals surface area contributed by atoms with Crippen molar-refractivity contribution in [2.75, 3.05) is 26.2 Å². The average Bonchev–Trinajstić information content (AvgIpc) is 2.68. The quantitative estimate of drug-likeness (QED) is 0.123. The van der Waals surface area contributed by atoms with Gasteiger partial charge in [0.05, 0.1) is 14.5 Å². The fourth-order valence-corrected chi connectivity index (χ4v) is 2.86. The molecule has 0 aliphatic carbocycles. The first-order chi connectivity index (χ1) is 13.2. The van der Waals surface area contributed by atoms with Crippen molar-refractivity contribution in [1.82, 2.24) is 4.90 Å². The first kappa shape index (κ1) is 26.0. The molecule has 0 aromatic heterocycles. The van der Waals surface area contributed by atoms with E-state index in [-0.39, 0.29) is 5.97 Å². The van der Waals surface area contributed by atoms with Crippen molar-refractivity contribution in [2.45, 2.75) is 90.8 Å². The second-order valence-corrected chi connectivity index (χ2v) is 7.00. The second kappa shape index (κ2) is 21.3. The fourth-order valence-electron chi connectivity index (χ4n) is 2.86. The number of rotatable bonds is 19. The molecule has 0 rings (SSSR count). The maximum Gasteiger partial charge on any atom is 0.305 e. The van der Waals surface area contributed by atoms with E-state index >= 15 is 0 Å². The smallest absolute Gasteiger partial charge is 0.305 e. The number of allylic oxidation sites excluding steroid dienone is 4. The summed E-state index contributed by atoms with van der Waals surface area (Å²) in [6, 6.07) is 0. The Morgan fingerprint density at radius 2 is 1.37 bits per heavy atom. The third-order valence-electron chi connectivity index (χ3n) is 4.69. The van der Waals surface area contributed by atoms with Crippen LogP contribution >= 0.6 is 0 Å². The molecule has 0 fully saturated rings. The van der Waals surface area contributed by atoms with Crippen molar-refractivity contribution >= 4 is 13.8 Å². The van der Waals surface area contributed by atoms with Gasteiger partial charge in [0.15, 0.2) is 0 Å². The average molecular weight is 375 g/mol. The van der Waals surface area contributed by atoms with Gasteiger partial charge in [-0.25, -0.2) is 0 Å². The summed E-state index contributed by atoms with van der Waals surface area (Å²) < 4.78 is 5.31. The zero-order valence-electron chi connectivity index (χ0n) is 18.0. The van der Waals surface area contributed by atoms with Gasteiger partial charge in [0, 0.05) is 6.42 Å².